The minimum absolute atomic E-state index is 0.152. The van der Waals surface area contributed by atoms with E-state index in [1.807, 2.05) is 20.8 Å². The van der Waals surface area contributed by atoms with Gasteiger partial charge in [0.05, 0.1) is 5.60 Å². The van der Waals surface area contributed by atoms with Crippen molar-refractivity contribution in [1.82, 2.24) is 0 Å². The van der Waals surface area contributed by atoms with Crippen LogP contribution in [0.4, 0.5) is 4.39 Å². The summed E-state index contributed by atoms with van der Waals surface area (Å²) in [5.74, 6) is -0.244. The van der Waals surface area contributed by atoms with Crippen molar-refractivity contribution in [3.63, 3.8) is 0 Å². The van der Waals surface area contributed by atoms with Gasteiger partial charge in [-0.05, 0) is 44.8 Å². The Labute approximate surface area is 95.9 Å². The van der Waals surface area contributed by atoms with Crippen LogP contribution in [0.2, 0.25) is 0 Å². The molecule has 0 N–H and O–H groups in total. The summed E-state index contributed by atoms with van der Waals surface area (Å²) in [6.07, 6.45) is 1.02. The molecule has 0 aromatic heterocycles. The predicted molar refractivity (Wildman–Crippen MR) is 62.1 cm³/mol. The van der Waals surface area contributed by atoms with Gasteiger partial charge in [0.25, 0.3) is 0 Å². The Morgan fingerprint density at radius 2 is 1.94 bits per heavy atom. The van der Waals surface area contributed by atoms with Crippen molar-refractivity contribution in [1.29, 1.82) is 0 Å². The summed E-state index contributed by atoms with van der Waals surface area (Å²) >= 11 is 0. The first kappa shape index (κ1) is 11.6. The number of halogens is 1. The number of rotatable bonds is 1. The van der Waals surface area contributed by atoms with E-state index < -0.39 is 0 Å². The number of benzene rings is 1. The van der Waals surface area contributed by atoms with Crippen LogP contribution < -0.4 is 5.46 Å². The van der Waals surface area contributed by atoms with E-state index in [-0.39, 0.29) is 24.6 Å². The lowest BCUT2D eigenvalue weighted by molar-refractivity contribution is -0.0229. The van der Waals surface area contributed by atoms with Crippen LogP contribution in [0, 0.1) is 5.82 Å². The molecule has 0 saturated carbocycles. The Morgan fingerprint density at radius 1 is 1.31 bits per heavy atom. The highest BCUT2D eigenvalue weighted by Gasteiger charge is 2.37. The van der Waals surface area contributed by atoms with Crippen molar-refractivity contribution in [3.05, 3.63) is 30.1 Å². The minimum atomic E-state index is -0.389. The van der Waals surface area contributed by atoms with Crippen LogP contribution in [0.1, 0.15) is 27.2 Å². The normalized spacial score (nSPS) is 24.5. The molecule has 1 heterocycles. The van der Waals surface area contributed by atoms with Gasteiger partial charge in [-0.2, -0.15) is 0 Å². The van der Waals surface area contributed by atoms with Gasteiger partial charge < -0.3 is 9.31 Å². The fourth-order valence-corrected chi connectivity index (χ4v) is 2.08. The van der Waals surface area contributed by atoms with Crippen LogP contribution in [-0.2, 0) is 9.31 Å². The second-order valence-corrected chi connectivity index (χ2v) is 4.91. The first-order chi connectivity index (χ1) is 7.46. The molecule has 2 nitrogen and oxygen atoms in total. The fourth-order valence-electron chi connectivity index (χ4n) is 2.08. The van der Waals surface area contributed by atoms with Gasteiger partial charge in [0, 0.05) is 6.10 Å². The standard InChI is InChI=1S/C12H16BFO2/c1-9-8-12(2,3)16-13(15-9)10-4-6-11(14)7-5-10/h4-7,9H,8H2,1-3H3/t9-/m1/s1. The summed E-state index contributed by atoms with van der Waals surface area (Å²) in [7, 11) is -0.389. The van der Waals surface area contributed by atoms with Crippen molar-refractivity contribution >= 4 is 12.6 Å². The fraction of sp³-hybridized carbons (Fsp3) is 0.500. The van der Waals surface area contributed by atoms with Gasteiger partial charge in [0.15, 0.2) is 0 Å². The van der Waals surface area contributed by atoms with E-state index in [4.69, 9.17) is 9.31 Å². The highest BCUT2D eigenvalue weighted by atomic mass is 19.1. The number of hydrogen-bond acceptors (Lipinski definition) is 2. The molecule has 1 fully saturated rings. The summed E-state index contributed by atoms with van der Waals surface area (Å²) in [6.45, 7) is 6.12. The SMILES string of the molecule is C[C@@H]1CC(C)(C)OB(c2ccc(F)cc2)O1. The molecule has 1 aromatic carbocycles. The molecule has 0 bridgehead atoms. The van der Waals surface area contributed by atoms with Gasteiger partial charge in [-0.1, -0.05) is 12.1 Å². The molecule has 1 atom stereocenters. The molecule has 0 aliphatic carbocycles. The smallest absolute Gasteiger partial charge is 0.405 e. The van der Waals surface area contributed by atoms with Crippen LogP contribution >= 0.6 is 0 Å². The second kappa shape index (κ2) is 4.19. The molecule has 0 spiro atoms. The van der Waals surface area contributed by atoms with E-state index in [2.05, 4.69) is 0 Å². The molecule has 2 rings (SSSR count). The molecule has 1 aliphatic heterocycles. The van der Waals surface area contributed by atoms with Crippen molar-refractivity contribution in [3.8, 4) is 0 Å². The average Bonchev–Trinajstić information content (AvgIpc) is 2.15. The Kier molecular flexibility index (Phi) is 3.04. The Hall–Kier alpha value is -0.865. The minimum Gasteiger partial charge on any atom is -0.405 e. The van der Waals surface area contributed by atoms with Gasteiger partial charge in [0.2, 0.25) is 0 Å². The lowest BCUT2D eigenvalue weighted by Crippen LogP contribution is -2.51. The van der Waals surface area contributed by atoms with Gasteiger partial charge in [-0.25, -0.2) is 4.39 Å². The molecule has 0 amide bonds. The van der Waals surface area contributed by atoms with Crippen molar-refractivity contribution in [2.24, 2.45) is 0 Å². The molecule has 86 valence electrons. The molecule has 4 heteroatoms. The first-order valence-corrected chi connectivity index (χ1v) is 5.55. The van der Waals surface area contributed by atoms with Crippen LogP contribution in [0.15, 0.2) is 24.3 Å². The average molecular weight is 222 g/mol. The lowest BCUT2D eigenvalue weighted by Gasteiger charge is -2.38. The van der Waals surface area contributed by atoms with Crippen LogP contribution in [0.3, 0.4) is 0 Å². The van der Waals surface area contributed by atoms with Crippen molar-refractivity contribution < 1.29 is 13.7 Å². The maximum Gasteiger partial charge on any atom is 0.494 e. The first-order valence-electron chi connectivity index (χ1n) is 5.55. The van der Waals surface area contributed by atoms with Crippen LogP contribution in [0.25, 0.3) is 0 Å². The zero-order chi connectivity index (χ0) is 11.8. The number of hydrogen-bond donors (Lipinski definition) is 0. The summed E-state index contributed by atoms with van der Waals surface area (Å²) in [5.41, 5.74) is 0.664. The summed E-state index contributed by atoms with van der Waals surface area (Å²) in [5, 5.41) is 0. The van der Waals surface area contributed by atoms with Crippen molar-refractivity contribution in [2.75, 3.05) is 0 Å². The van der Waals surface area contributed by atoms with Crippen LogP contribution in [-0.4, -0.2) is 18.8 Å². The molecule has 16 heavy (non-hydrogen) atoms. The molecule has 1 aliphatic rings. The van der Waals surface area contributed by atoms with E-state index in [1.54, 1.807) is 12.1 Å². The third-order valence-electron chi connectivity index (χ3n) is 2.70. The quantitative estimate of drug-likeness (QED) is 0.677. The second-order valence-electron chi connectivity index (χ2n) is 4.91. The molecule has 1 saturated heterocycles. The predicted octanol–water partition coefficient (Wildman–Crippen LogP) is 2.12. The van der Waals surface area contributed by atoms with Gasteiger partial charge >= 0.3 is 7.12 Å². The van der Waals surface area contributed by atoms with Gasteiger partial charge in [0.1, 0.15) is 5.82 Å². The third-order valence-corrected chi connectivity index (χ3v) is 2.70. The van der Waals surface area contributed by atoms with E-state index in [0.717, 1.165) is 11.9 Å². The van der Waals surface area contributed by atoms with Crippen molar-refractivity contribution in [2.45, 2.75) is 38.9 Å². The molecular formula is C12H16BFO2. The zero-order valence-corrected chi connectivity index (χ0v) is 9.87. The van der Waals surface area contributed by atoms with Gasteiger partial charge in [-0.15, -0.1) is 0 Å². The van der Waals surface area contributed by atoms with E-state index in [9.17, 15) is 4.39 Å². The monoisotopic (exact) mass is 222 g/mol. The topological polar surface area (TPSA) is 18.5 Å². The van der Waals surface area contributed by atoms with Gasteiger partial charge in [-0.3, -0.25) is 0 Å². The highest BCUT2D eigenvalue weighted by molar-refractivity contribution is 6.61. The third kappa shape index (κ3) is 2.63. The molecule has 0 radical (unpaired) electrons. The molecule has 1 aromatic rings. The Bertz CT molecular complexity index is 364. The maximum absolute atomic E-state index is 12.8. The summed E-state index contributed by atoms with van der Waals surface area (Å²) in [6, 6.07) is 6.25. The highest BCUT2D eigenvalue weighted by Crippen LogP contribution is 2.25. The molecular weight excluding hydrogens is 206 g/mol. The van der Waals surface area contributed by atoms with E-state index >= 15 is 0 Å². The molecule has 0 unspecified atom stereocenters. The summed E-state index contributed by atoms with van der Waals surface area (Å²) < 4.78 is 24.3. The summed E-state index contributed by atoms with van der Waals surface area (Å²) in [4.78, 5) is 0. The lowest BCUT2D eigenvalue weighted by atomic mass is 9.75. The van der Waals surface area contributed by atoms with E-state index in [0.29, 0.717) is 0 Å². The Morgan fingerprint density at radius 3 is 2.50 bits per heavy atom. The van der Waals surface area contributed by atoms with Crippen LogP contribution in [0.5, 0.6) is 0 Å². The zero-order valence-electron chi connectivity index (χ0n) is 9.87. The Balaban J connectivity index is 2.17. The maximum atomic E-state index is 12.8. The van der Waals surface area contributed by atoms with E-state index in [1.165, 1.54) is 12.1 Å². The largest absolute Gasteiger partial charge is 0.494 e.